The van der Waals surface area contributed by atoms with Crippen LogP contribution in [0, 0.1) is 0 Å². The summed E-state index contributed by atoms with van der Waals surface area (Å²) in [6.45, 7) is 1.47. The predicted molar refractivity (Wildman–Crippen MR) is 105 cm³/mol. The number of nitrogens with zero attached hydrogens (tertiary/aromatic N) is 1. The molecule has 0 aliphatic carbocycles. The number of nitrogens with one attached hydrogen (secondary N) is 1. The molecular weight excluding hydrogens is 399 g/mol. The summed E-state index contributed by atoms with van der Waals surface area (Å²) in [7, 11) is -2.26. The Morgan fingerprint density at radius 3 is 2.31 bits per heavy atom. The van der Waals surface area contributed by atoms with Gasteiger partial charge in [-0.3, -0.25) is 9.10 Å². The van der Waals surface area contributed by atoms with Gasteiger partial charge in [-0.05, 0) is 49.4 Å². The van der Waals surface area contributed by atoms with Crippen LogP contribution in [-0.2, 0) is 14.8 Å². The summed E-state index contributed by atoms with van der Waals surface area (Å²) >= 11 is 12.1. The van der Waals surface area contributed by atoms with Crippen molar-refractivity contribution in [1.82, 2.24) is 0 Å². The molecule has 2 aromatic rings. The van der Waals surface area contributed by atoms with Crippen molar-refractivity contribution in [1.29, 1.82) is 0 Å². The summed E-state index contributed by atoms with van der Waals surface area (Å²) in [5.41, 5.74) is 0.646. The lowest BCUT2D eigenvalue weighted by Gasteiger charge is -2.29. The monoisotopic (exact) mass is 416 g/mol. The summed E-state index contributed by atoms with van der Waals surface area (Å²) in [4.78, 5) is 12.6. The number of hydrogen-bond donors (Lipinski definition) is 1. The molecule has 0 aliphatic rings. The molecule has 0 heterocycles. The molecule has 9 heteroatoms. The van der Waals surface area contributed by atoms with Crippen LogP contribution in [0.2, 0.25) is 10.0 Å². The second-order valence-corrected chi connectivity index (χ2v) is 8.25. The Labute approximate surface area is 162 Å². The Bertz CT molecular complexity index is 901. The third-order valence-corrected chi connectivity index (χ3v) is 5.37. The number of halogens is 2. The fourth-order valence-electron chi connectivity index (χ4n) is 2.36. The van der Waals surface area contributed by atoms with E-state index in [-0.39, 0.29) is 10.7 Å². The van der Waals surface area contributed by atoms with E-state index in [1.807, 2.05) is 0 Å². The van der Waals surface area contributed by atoms with Crippen molar-refractivity contribution < 1.29 is 17.9 Å². The first-order valence-corrected chi connectivity index (χ1v) is 10.1. The molecule has 2 aromatic carbocycles. The molecular formula is C17H18Cl2N2O4S. The van der Waals surface area contributed by atoms with E-state index < -0.39 is 22.0 Å². The van der Waals surface area contributed by atoms with E-state index in [4.69, 9.17) is 27.9 Å². The summed E-state index contributed by atoms with van der Waals surface area (Å²) in [5, 5.41) is 3.15. The van der Waals surface area contributed by atoms with E-state index in [1.165, 1.54) is 32.2 Å². The van der Waals surface area contributed by atoms with Crippen LogP contribution < -0.4 is 14.4 Å². The molecule has 2 rings (SSSR count). The van der Waals surface area contributed by atoms with Gasteiger partial charge in [-0.1, -0.05) is 23.2 Å². The van der Waals surface area contributed by atoms with Gasteiger partial charge < -0.3 is 10.1 Å². The number of hydrogen-bond acceptors (Lipinski definition) is 4. The van der Waals surface area contributed by atoms with E-state index in [9.17, 15) is 13.2 Å². The van der Waals surface area contributed by atoms with E-state index >= 15 is 0 Å². The number of anilines is 2. The quantitative estimate of drug-likeness (QED) is 0.776. The van der Waals surface area contributed by atoms with Crippen LogP contribution in [0.4, 0.5) is 11.4 Å². The van der Waals surface area contributed by atoms with Crippen LogP contribution >= 0.6 is 23.2 Å². The fraction of sp³-hybridized carbons (Fsp3) is 0.235. The van der Waals surface area contributed by atoms with Crippen molar-refractivity contribution in [2.75, 3.05) is 23.0 Å². The number of carbonyl (C=O) groups is 1. The molecule has 0 fully saturated rings. The van der Waals surface area contributed by atoms with Gasteiger partial charge in [0.05, 0.1) is 24.1 Å². The number of amides is 1. The molecule has 26 heavy (non-hydrogen) atoms. The van der Waals surface area contributed by atoms with Gasteiger partial charge in [-0.25, -0.2) is 8.42 Å². The summed E-state index contributed by atoms with van der Waals surface area (Å²) in [6.07, 6.45) is 1.00. The highest BCUT2D eigenvalue weighted by Gasteiger charge is 2.30. The van der Waals surface area contributed by atoms with Crippen molar-refractivity contribution in [3.63, 3.8) is 0 Å². The van der Waals surface area contributed by atoms with Crippen LogP contribution in [0.15, 0.2) is 42.5 Å². The lowest BCUT2D eigenvalue weighted by Crippen LogP contribution is -2.45. The summed E-state index contributed by atoms with van der Waals surface area (Å²) in [5.74, 6) is 0.121. The second-order valence-electron chi connectivity index (χ2n) is 5.55. The highest BCUT2D eigenvalue weighted by atomic mass is 35.5. The zero-order chi connectivity index (χ0) is 19.5. The maximum Gasteiger partial charge on any atom is 0.247 e. The number of rotatable bonds is 6. The van der Waals surface area contributed by atoms with E-state index in [1.54, 1.807) is 24.3 Å². The van der Waals surface area contributed by atoms with Crippen molar-refractivity contribution in [2.24, 2.45) is 0 Å². The molecule has 0 saturated carbocycles. The van der Waals surface area contributed by atoms with Crippen LogP contribution in [-0.4, -0.2) is 33.7 Å². The first-order chi connectivity index (χ1) is 12.1. The lowest BCUT2D eigenvalue weighted by atomic mass is 10.2. The van der Waals surface area contributed by atoms with Crippen LogP contribution in [0.5, 0.6) is 5.75 Å². The first-order valence-electron chi connectivity index (χ1n) is 7.53. The highest BCUT2D eigenvalue weighted by Crippen LogP contribution is 2.32. The normalized spacial score (nSPS) is 12.3. The molecule has 0 bridgehead atoms. The molecule has 1 unspecified atom stereocenters. The average molecular weight is 417 g/mol. The lowest BCUT2D eigenvalue weighted by molar-refractivity contribution is -0.116. The minimum atomic E-state index is -3.80. The zero-order valence-electron chi connectivity index (χ0n) is 14.4. The van der Waals surface area contributed by atoms with Crippen molar-refractivity contribution in [3.05, 3.63) is 52.5 Å². The summed E-state index contributed by atoms with van der Waals surface area (Å²) in [6, 6.07) is 10.0. The number of ether oxygens (including phenoxy) is 1. The number of benzene rings is 2. The Morgan fingerprint density at radius 2 is 1.77 bits per heavy atom. The molecule has 6 nitrogen and oxygen atoms in total. The highest BCUT2D eigenvalue weighted by molar-refractivity contribution is 7.92. The van der Waals surface area contributed by atoms with Crippen LogP contribution in [0.3, 0.4) is 0 Å². The molecule has 1 N–H and O–H groups in total. The molecule has 140 valence electrons. The molecule has 0 radical (unpaired) electrons. The topological polar surface area (TPSA) is 75.7 Å². The molecule has 0 aromatic heterocycles. The van der Waals surface area contributed by atoms with Gasteiger partial charge in [0.2, 0.25) is 15.9 Å². The molecule has 1 amide bonds. The predicted octanol–water partition coefficient (Wildman–Crippen LogP) is 3.80. The second kappa shape index (κ2) is 8.16. The summed E-state index contributed by atoms with van der Waals surface area (Å²) < 4.78 is 30.6. The number of carbonyl (C=O) groups excluding carboxylic acids is 1. The third-order valence-electron chi connectivity index (χ3n) is 3.59. The Kier molecular flexibility index (Phi) is 6.39. The van der Waals surface area contributed by atoms with Crippen molar-refractivity contribution >= 4 is 50.5 Å². The average Bonchev–Trinajstić information content (AvgIpc) is 2.57. The Balaban J connectivity index is 2.32. The van der Waals surface area contributed by atoms with E-state index in [2.05, 4.69) is 5.32 Å². The molecule has 1 atom stereocenters. The van der Waals surface area contributed by atoms with Gasteiger partial charge in [-0.15, -0.1) is 0 Å². The van der Waals surface area contributed by atoms with Gasteiger partial charge in [0, 0.05) is 10.7 Å². The molecule has 0 aliphatic heterocycles. The standard InChI is InChI=1S/C17H18Cl2N2O4S/c1-11(17(22)20-13-5-7-14(25-2)8-6-13)21(26(3,23)24)16-10-12(18)4-9-15(16)19/h4-11H,1-3H3,(H,20,22). The Hall–Kier alpha value is -1.96. The van der Waals surface area contributed by atoms with Gasteiger partial charge in [0.15, 0.2) is 0 Å². The zero-order valence-corrected chi connectivity index (χ0v) is 16.7. The van der Waals surface area contributed by atoms with Gasteiger partial charge in [0.1, 0.15) is 11.8 Å². The van der Waals surface area contributed by atoms with Gasteiger partial charge in [-0.2, -0.15) is 0 Å². The number of sulfonamides is 1. The SMILES string of the molecule is COc1ccc(NC(=O)C(C)N(c2cc(Cl)ccc2Cl)S(C)(=O)=O)cc1. The van der Waals surface area contributed by atoms with Crippen molar-refractivity contribution in [3.8, 4) is 5.75 Å². The minimum absolute atomic E-state index is 0.138. The van der Waals surface area contributed by atoms with Crippen LogP contribution in [0.25, 0.3) is 0 Å². The van der Waals surface area contributed by atoms with E-state index in [0.717, 1.165) is 10.6 Å². The van der Waals surface area contributed by atoms with Crippen LogP contribution in [0.1, 0.15) is 6.92 Å². The Morgan fingerprint density at radius 1 is 1.15 bits per heavy atom. The maximum atomic E-state index is 12.6. The fourth-order valence-corrected chi connectivity index (χ4v) is 3.96. The minimum Gasteiger partial charge on any atom is -0.497 e. The molecule has 0 saturated heterocycles. The first kappa shape index (κ1) is 20.4. The molecule has 0 spiro atoms. The maximum absolute atomic E-state index is 12.6. The van der Waals surface area contributed by atoms with Gasteiger partial charge >= 0.3 is 0 Å². The van der Waals surface area contributed by atoms with Crippen molar-refractivity contribution in [2.45, 2.75) is 13.0 Å². The van der Waals surface area contributed by atoms with Gasteiger partial charge in [0.25, 0.3) is 0 Å². The van der Waals surface area contributed by atoms with E-state index in [0.29, 0.717) is 16.5 Å². The largest absolute Gasteiger partial charge is 0.497 e. The smallest absolute Gasteiger partial charge is 0.247 e. The third kappa shape index (κ3) is 4.81. The number of methoxy groups -OCH3 is 1.